The molecule has 0 radical (unpaired) electrons. The van der Waals surface area contributed by atoms with E-state index < -0.39 is 41.1 Å². The van der Waals surface area contributed by atoms with E-state index >= 15 is 0 Å². The average molecular weight is 391 g/mol. The van der Waals surface area contributed by atoms with Gasteiger partial charge in [0.1, 0.15) is 12.4 Å². The van der Waals surface area contributed by atoms with Crippen molar-refractivity contribution < 1.29 is 35.5 Å². The lowest BCUT2D eigenvalue weighted by Crippen LogP contribution is -2.31. The number of benzene rings is 2. The van der Waals surface area contributed by atoms with Crippen LogP contribution in [0.1, 0.15) is 0 Å². The number of nitrogens with one attached hydrogen (secondary N) is 1. The third-order valence-electron chi connectivity index (χ3n) is 3.17. The summed E-state index contributed by atoms with van der Waals surface area (Å²) >= 11 is 0. The number of rotatable bonds is 6. The fourth-order valence-corrected chi connectivity index (χ4v) is 3.32. The maximum atomic E-state index is 13.4. The SMILES string of the molecule is O=C(OCCNS(=O)(=O)c1ccccc1-c1cccc(F)c1)C(F)(F)F. The van der Waals surface area contributed by atoms with Crippen LogP contribution in [-0.2, 0) is 19.6 Å². The predicted octanol–water partition coefficient (Wildman–Crippen LogP) is 2.88. The Balaban J connectivity index is 2.14. The lowest BCUT2D eigenvalue weighted by molar-refractivity contribution is -0.199. The molecule has 0 aliphatic carbocycles. The summed E-state index contributed by atoms with van der Waals surface area (Å²) in [6.45, 7) is -1.35. The standard InChI is InChI=1S/C16H13F4NO4S/c17-12-5-3-4-11(10-12)13-6-1-2-7-14(13)26(23,24)21-8-9-25-15(22)16(18,19)20/h1-7,10,21H,8-9H2. The Labute approximate surface area is 146 Å². The molecule has 0 atom stereocenters. The van der Waals surface area contributed by atoms with Gasteiger partial charge in [0.2, 0.25) is 10.0 Å². The summed E-state index contributed by atoms with van der Waals surface area (Å²) in [7, 11) is -4.13. The third kappa shape index (κ3) is 5.02. The molecule has 5 nitrogen and oxygen atoms in total. The molecule has 10 heteroatoms. The van der Waals surface area contributed by atoms with Gasteiger partial charge in [-0.2, -0.15) is 13.2 Å². The van der Waals surface area contributed by atoms with Gasteiger partial charge in [0.05, 0.1) is 4.90 Å². The average Bonchev–Trinajstić information content (AvgIpc) is 2.57. The highest BCUT2D eigenvalue weighted by molar-refractivity contribution is 7.89. The van der Waals surface area contributed by atoms with Crippen LogP contribution >= 0.6 is 0 Å². The molecule has 26 heavy (non-hydrogen) atoms. The summed E-state index contributed by atoms with van der Waals surface area (Å²) in [5.41, 5.74) is 0.529. The molecular formula is C16H13F4NO4S. The molecule has 0 spiro atoms. The van der Waals surface area contributed by atoms with Crippen LogP contribution in [0.15, 0.2) is 53.4 Å². The zero-order valence-corrected chi connectivity index (χ0v) is 13.9. The topological polar surface area (TPSA) is 72.5 Å². The predicted molar refractivity (Wildman–Crippen MR) is 84.0 cm³/mol. The van der Waals surface area contributed by atoms with Crippen molar-refractivity contribution in [2.45, 2.75) is 11.1 Å². The fourth-order valence-electron chi connectivity index (χ4n) is 2.07. The van der Waals surface area contributed by atoms with Crippen LogP contribution < -0.4 is 4.72 Å². The second-order valence-electron chi connectivity index (χ2n) is 5.04. The van der Waals surface area contributed by atoms with Gasteiger partial charge in [-0.3, -0.25) is 0 Å². The van der Waals surface area contributed by atoms with Crippen LogP contribution in [0.2, 0.25) is 0 Å². The molecule has 1 N–H and O–H groups in total. The molecule has 0 saturated heterocycles. The minimum Gasteiger partial charge on any atom is -0.458 e. The first-order chi connectivity index (χ1) is 12.1. The number of sulfonamides is 1. The smallest absolute Gasteiger partial charge is 0.458 e. The first kappa shape index (κ1) is 19.9. The van der Waals surface area contributed by atoms with Crippen LogP contribution in [0.3, 0.4) is 0 Å². The zero-order valence-electron chi connectivity index (χ0n) is 13.1. The molecule has 0 aliphatic heterocycles. The summed E-state index contributed by atoms with van der Waals surface area (Å²) in [5, 5.41) is 0. The van der Waals surface area contributed by atoms with E-state index in [4.69, 9.17) is 0 Å². The summed E-state index contributed by atoms with van der Waals surface area (Å²) < 4.78 is 80.1. The van der Waals surface area contributed by atoms with E-state index in [-0.39, 0.29) is 10.5 Å². The molecule has 2 rings (SSSR count). The normalized spacial score (nSPS) is 12.0. The van der Waals surface area contributed by atoms with Crippen LogP contribution in [0.25, 0.3) is 11.1 Å². The molecule has 0 aromatic heterocycles. The van der Waals surface area contributed by atoms with Crippen LogP contribution in [0, 0.1) is 5.82 Å². The molecule has 0 fully saturated rings. The Kier molecular flexibility index (Phi) is 5.98. The highest BCUT2D eigenvalue weighted by Crippen LogP contribution is 2.27. The van der Waals surface area contributed by atoms with Gasteiger partial charge in [-0.25, -0.2) is 22.3 Å². The number of carbonyl (C=O) groups excluding carboxylic acids is 1. The summed E-state index contributed by atoms with van der Waals surface area (Å²) in [6, 6.07) is 11.0. The number of halogens is 4. The second-order valence-corrected chi connectivity index (χ2v) is 6.77. The Bertz CT molecular complexity index is 897. The van der Waals surface area contributed by atoms with Crippen molar-refractivity contribution in [1.82, 2.24) is 4.72 Å². The van der Waals surface area contributed by atoms with Gasteiger partial charge in [-0.05, 0) is 23.8 Å². The molecule has 2 aromatic carbocycles. The first-order valence-electron chi connectivity index (χ1n) is 7.20. The molecule has 0 saturated carbocycles. The highest BCUT2D eigenvalue weighted by Gasteiger charge is 2.40. The van der Waals surface area contributed by atoms with Crippen LogP contribution in [0.4, 0.5) is 17.6 Å². The number of hydrogen-bond donors (Lipinski definition) is 1. The highest BCUT2D eigenvalue weighted by atomic mass is 32.2. The van der Waals surface area contributed by atoms with Gasteiger partial charge >= 0.3 is 12.1 Å². The van der Waals surface area contributed by atoms with Gasteiger partial charge in [-0.15, -0.1) is 0 Å². The van der Waals surface area contributed by atoms with Crippen molar-refractivity contribution in [3.8, 4) is 11.1 Å². The number of ether oxygens (including phenoxy) is 1. The Morgan fingerprint density at radius 3 is 2.42 bits per heavy atom. The fraction of sp³-hybridized carbons (Fsp3) is 0.188. The molecule has 0 bridgehead atoms. The Morgan fingerprint density at radius 1 is 1.08 bits per heavy atom. The minimum absolute atomic E-state index is 0.187. The van der Waals surface area contributed by atoms with Crippen molar-refractivity contribution in [3.63, 3.8) is 0 Å². The van der Waals surface area contributed by atoms with Crippen molar-refractivity contribution in [1.29, 1.82) is 0 Å². The second kappa shape index (κ2) is 7.83. The Morgan fingerprint density at radius 2 is 1.77 bits per heavy atom. The van der Waals surface area contributed by atoms with E-state index in [0.29, 0.717) is 5.56 Å². The van der Waals surface area contributed by atoms with Crippen molar-refractivity contribution in [2.24, 2.45) is 0 Å². The van der Waals surface area contributed by atoms with Gasteiger partial charge in [0.15, 0.2) is 0 Å². The van der Waals surface area contributed by atoms with E-state index in [1.54, 1.807) is 6.07 Å². The third-order valence-corrected chi connectivity index (χ3v) is 4.69. The van der Waals surface area contributed by atoms with Gasteiger partial charge in [0, 0.05) is 12.1 Å². The maximum Gasteiger partial charge on any atom is 0.490 e. The number of alkyl halides is 3. The molecule has 0 amide bonds. The molecule has 140 valence electrons. The van der Waals surface area contributed by atoms with Crippen molar-refractivity contribution in [3.05, 3.63) is 54.3 Å². The molecule has 0 heterocycles. The van der Waals surface area contributed by atoms with Gasteiger partial charge < -0.3 is 4.74 Å². The summed E-state index contributed by atoms with van der Waals surface area (Å²) in [4.78, 5) is 10.4. The number of hydrogen-bond acceptors (Lipinski definition) is 4. The van der Waals surface area contributed by atoms with Crippen molar-refractivity contribution in [2.75, 3.05) is 13.2 Å². The Hall–Kier alpha value is -2.46. The largest absolute Gasteiger partial charge is 0.490 e. The van der Waals surface area contributed by atoms with Gasteiger partial charge in [-0.1, -0.05) is 30.3 Å². The summed E-state index contributed by atoms with van der Waals surface area (Å²) in [6.07, 6.45) is -5.15. The lowest BCUT2D eigenvalue weighted by Gasteiger charge is -2.12. The molecular weight excluding hydrogens is 378 g/mol. The van der Waals surface area contributed by atoms with E-state index in [2.05, 4.69) is 4.74 Å². The van der Waals surface area contributed by atoms with E-state index in [0.717, 1.165) is 6.07 Å². The van der Waals surface area contributed by atoms with Crippen molar-refractivity contribution >= 4 is 16.0 Å². The molecule has 0 aliphatic rings. The van der Waals surface area contributed by atoms with Crippen LogP contribution in [0.5, 0.6) is 0 Å². The zero-order chi connectivity index (χ0) is 19.4. The molecule has 2 aromatic rings. The first-order valence-corrected chi connectivity index (χ1v) is 8.68. The summed E-state index contributed by atoms with van der Waals surface area (Å²) in [5.74, 6) is -2.96. The van der Waals surface area contributed by atoms with Crippen LogP contribution in [-0.4, -0.2) is 33.7 Å². The van der Waals surface area contributed by atoms with E-state index in [9.17, 15) is 30.8 Å². The van der Waals surface area contributed by atoms with Gasteiger partial charge in [0.25, 0.3) is 0 Å². The van der Waals surface area contributed by atoms with E-state index in [1.165, 1.54) is 36.4 Å². The number of esters is 1. The van der Waals surface area contributed by atoms with E-state index in [1.807, 2.05) is 4.72 Å². The maximum absolute atomic E-state index is 13.4. The monoisotopic (exact) mass is 391 g/mol. The minimum atomic E-state index is -5.15. The quantitative estimate of drug-likeness (QED) is 0.467. The lowest BCUT2D eigenvalue weighted by atomic mass is 10.1. The number of carbonyl (C=O) groups is 1. The molecule has 0 unspecified atom stereocenters.